The van der Waals surface area contributed by atoms with E-state index < -0.39 is 41.2 Å². The molecule has 1 aliphatic heterocycles. The number of nitrogens with one attached hydrogen (secondary N) is 3. The van der Waals surface area contributed by atoms with Crippen LogP contribution in [0, 0.1) is 23.7 Å². The fourth-order valence-corrected chi connectivity index (χ4v) is 11.8. The van der Waals surface area contributed by atoms with Crippen LogP contribution in [0.3, 0.4) is 0 Å². The molecule has 24 heteroatoms. The number of hydrogen-bond donors (Lipinski definition) is 7. The Balaban J connectivity index is 0.918. The standard InChI is InChI=1S/C53H73N9O15/c1-33(2)38-26-37(8-9-41(38)62-42(50-43(74-3)6-5-7-44(50)75-4)27-40(57-62)51(71)56-53(52(72)73)36-23-34-22-35(25-36)39(53)24-34)55-46(64)32-77-21-20-76-19-10-54-45(63)28-58-11-13-59(29-47(65)66)15-17-61(31-49(69)70)18-16-60(14-12-58)30-48(67)68/h5-9,26-27,33-36,39H,10-25,28-32H2,1-4H3,(H,54,63)(H,55,64)(H,56,71)(H,65,66)(H,67,68)(H,69,70)(H,72,73). The predicted molar refractivity (Wildman–Crippen MR) is 278 cm³/mol. The Kier molecular flexibility index (Phi) is 20.0. The predicted octanol–water partition coefficient (Wildman–Crippen LogP) is 1.86. The van der Waals surface area contributed by atoms with Crippen molar-refractivity contribution < 1.29 is 72.9 Å². The van der Waals surface area contributed by atoms with Crippen LogP contribution >= 0.6 is 0 Å². The molecule has 5 unspecified atom stereocenters. The molecule has 3 amide bonds. The summed E-state index contributed by atoms with van der Waals surface area (Å²) in [6, 6.07) is 12.3. The number of methoxy groups -OCH3 is 2. The van der Waals surface area contributed by atoms with Gasteiger partial charge >= 0.3 is 23.9 Å². The van der Waals surface area contributed by atoms with Crippen LogP contribution in [0.15, 0.2) is 42.5 Å². The second kappa shape index (κ2) is 26.6. The highest BCUT2D eigenvalue weighted by Crippen LogP contribution is 2.63. The number of carboxylic acids is 4. The van der Waals surface area contributed by atoms with Crippen LogP contribution in [-0.2, 0) is 38.2 Å². The maximum Gasteiger partial charge on any atom is 0.330 e. The number of benzene rings is 2. The van der Waals surface area contributed by atoms with Gasteiger partial charge < -0.3 is 55.3 Å². The highest BCUT2D eigenvalue weighted by molar-refractivity contribution is 5.98. The van der Waals surface area contributed by atoms with E-state index in [-0.39, 0.29) is 134 Å². The SMILES string of the molecule is COc1cccc(OC)c1-c1cc(C(=O)NC2(C(=O)O)C3CC4CC(C3)C2C4)nn1-c1ccc(NC(=O)COCCOCCNC(=O)CN2CCN(CC(=O)O)CCN(CC(=O)O)CCN(CC(=O)O)CC2)cc1C(C)C. The van der Waals surface area contributed by atoms with Gasteiger partial charge in [0.1, 0.15) is 23.6 Å². The molecule has 2 heterocycles. The average molecular weight is 1080 g/mol. The first-order chi connectivity index (χ1) is 36.9. The van der Waals surface area contributed by atoms with E-state index in [0.29, 0.717) is 53.1 Å². The molecule has 0 spiro atoms. The van der Waals surface area contributed by atoms with Gasteiger partial charge in [0, 0.05) is 64.6 Å². The lowest BCUT2D eigenvalue weighted by Gasteiger charge is -2.41. The molecule has 24 nitrogen and oxygen atoms in total. The summed E-state index contributed by atoms with van der Waals surface area (Å²) >= 11 is 0. The van der Waals surface area contributed by atoms with Gasteiger partial charge in [-0.2, -0.15) is 5.10 Å². The van der Waals surface area contributed by atoms with Crippen molar-refractivity contribution in [2.45, 2.75) is 51.0 Å². The summed E-state index contributed by atoms with van der Waals surface area (Å²) in [4.78, 5) is 95.2. The molecule has 3 aromatic rings. The van der Waals surface area contributed by atoms with Gasteiger partial charge in [-0.1, -0.05) is 19.9 Å². The van der Waals surface area contributed by atoms with E-state index in [4.69, 9.17) is 24.0 Å². The molecule has 5 atom stereocenters. The Hall–Kier alpha value is -6.70. The van der Waals surface area contributed by atoms with E-state index in [1.165, 1.54) is 14.2 Å². The Morgan fingerprint density at radius 2 is 1.26 bits per heavy atom. The van der Waals surface area contributed by atoms with Crippen molar-refractivity contribution in [3.63, 3.8) is 0 Å². The van der Waals surface area contributed by atoms with Gasteiger partial charge in [-0.15, -0.1) is 0 Å². The Morgan fingerprint density at radius 3 is 1.79 bits per heavy atom. The summed E-state index contributed by atoms with van der Waals surface area (Å²) in [7, 11) is 3.06. The molecule has 0 radical (unpaired) electrons. The number of ether oxygens (including phenoxy) is 4. The summed E-state index contributed by atoms with van der Waals surface area (Å²) in [5.74, 6) is -4.16. The van der Waals surface area contributed by atoms with Gasteiger partial charge in [0.15, 0.2) is 5.69 Å². The van der Waals surface area contributed by atoms with Gasteiger partial charge in [-0.25, -0.2) is 9.48 Å². The maximum absolute atomic E-state index is 14.3. The fourth-order valence-electron chi connectivity index (χ4n) is 11.8. The second-order valence-corrected chi connectivity index (χ2v) is 20.6. The van der Waals surface area contributed by atoms with Gasteiger partial charge in [-0.3, -0.25) is 48.4 Å². The number of rotatable bonds is 25. The third-order valence-electron chi connectivity index (χ3n) is 15.2. The second-order valence-electron chi connectivity index (χ2n) is 20.6. The number of hydrogen-bond acceptors (Lipinski definition) is 16. The van der Waals surface area contributed by atoms with Crippen LogP contribution in [0.25, 0.3) is 16.9 Å². The molecule has 77 heavy (non-hydrogen) atoms. The van der Waals surface area contributed by atoms with Gasteiger partial charge in [-0.05, 0) is 97.2 Å². The highest BCUT2D eigenvalue weighted by Gasteiger charge is 2.67. The third kappa shape index (κ3) is 14.7. The molecule has 1 saturated heterocycles. The van der Waals surface area contributed by atoms with Crippen molar-refractivity contribution in [1.82, 2.24) is 40.0 Å². The lowest BCUT2D eigenvalue weighted by molar-refractivity contribution is -0.150. The van der Waals surface area contributed by atoms with Crippen LogP contribution < -0.4 is 25.4 Å². The van der Waals surface area contributed by atoms with E-state index >= 15 is 0 Å². The molecular weight excluding hydrogens is 1000 g/mol. The number of carbonyl (C=O) groups is 7. The first kappa shape index (κ1) is 58.0. The zero-order chi connectivity index (χ0) is 55.4. The van der Waals surface area contributed by atoms with Crippen molar-refractivity contribution >= 4 is 47.3 Å². The molecule has 8 rings (SSSR count). The quantitative estimate of drug-likeness (QED) is 0.0596. The number of amides is 3. The lowest BCUT2D eigenvalue weighted by Crippen LogP contribution is -2.62. The molecule has 7 N–H and O–H groups in total. The van der Waals surface area contributed by atoms with Crippen molar-refractivity contribution in [2.24, 2.45) is 23.7 Å². The molecule has 4 aliphatic carbocycles. The Morgan fingerprint density at radius 1 is 0.688 bits per heavy atom. The summed E-state index contributed by atoms with van der Waals surface area (Å²) in [6.07, 6.45) is 3.33. The normalized spacial score (nSPS) is 22.2. The smallest absolute Gasteiger partial charge is 0.330 e. The topological polar surface area (TPSA) is 304 Å². The van der Waals surface area contributed by atoms with E-state index in [1.54, 1.807) is 55.8 Å². The van der Waals surface area contributed by atoms with E-state index in [2.05, 4.69) is 16.0 Å². The number of aliphatic carboxylic acids is 4. The number of anilines is 1. The molecule has 5 aliphatic rings. The van der Waals surface area contributed by atoms with E-state index in [1.807, 2.05) is 24.8 Å². The fraction of sp³-hybridized carbons (Fsp3) is 0.585. The molecule has 5 fully saturated rings. The summed E-state index contributed by atoms with van der Waals surface area (Å²) in [5.41, 5.74) is 1.52. The summed E-state index contributed by atoms with van der Waals surface area (Å²) in [5, 5.41) is 52.7. The number of aromatic nitrogens is 2. The number of carbonyl (C=O) groups excluding carboxylic acids is 3. The Labute approximate surface area is 446 Å². The minimum Gasteiger partial charge on any atom is -0.496 e. The van der Waals surface area contributed by atoms with Crippen LogP contribution in [0.5, 0.6) is 11.5 Å². The summed E-state index contributed by atoms with van der Waals surface area (Å²) in [6.45, 7) is 5.63. The average Bonchev–Trinajstić information content (AvgIpc) is 4.22. The van der Waals surface area contributed by atoms with Gasteiger partial charge in [0.05, 0.1) is 77.2 Å². The molecule has 4 saturated carbocycles. The summed E-state index contributed by atoms with van der Waals surface area (Å²) < 4.78 is 24.4. The zero-order valence-corrected chi connectivity index (χ0v) is 44.2. The van der Waals surface area contributed by atoms with Gasteiger partial charge in [0.25, 0.3) is 5.91 Å². The molecule has 1 aromatic heterocycles. The third-order valence-corrected chi connectivity index (χ3v) is 15.2. The van der Waals surface area contributed by atoms with Crippen molar-refractivity contribution in [3.8, 4) is 28.4 Å². The highest BCUT2D eigenvalue weighted by atomic mass is 16.5. The largest absolute Gasteiger partial charge is 0.496 e. The zero-order valence-electron chi connectivity index (χ0n) is 44.2. The minimum absolute atomic E-state index is 0.0262. The first-order valence-corrected chi connectivity index (χ1v) is 26.2. The molecule has 4 bridgehead atoms. The van der Waals surface area contributed by atoms with E-state index in [0.717, 1.165) is 31.2 Å². The molecule has 2 aromatic carbocycles. The van der Waals surface area contributed by atoms with Crippen LogP contribution in [0.4, 0.5) is 5.69 Å². The van der Waals surface area contributed by atoms with Crippen LogP contribution in [0.1, 0.15) is 61.5 Å². The maximum atomic E-state index is 14.3. The molecular formula is C53H73N9O15. The first-order valence-electron chi connectivity index (χ1n) is 26.2. The Bertz CT molecular complexity index is 2550. The molecule has 420 valence electrons. The van der Waals surface area contributed by atoms with E-state index in [9.17, 15) is 54.0 Å². The van der Waals surface area contributed by atoms with Crippen LogP contribution in [-0.4, -0.2) is 223 Å². The minimum atomic E-state index is -1.37. The van der Waals surface area contributed by atoms with Crippen molar-refractivity contribution in [1.29, 1.82) is 0 Å². The van der Waals surface area contributed by atoms with Crippen LogP contribution in [0.2, 0.25) is 0 Å². The monoisotopic (exact) mass is 1080 g/mol. The number of carboxylic acid groups (broad SMARTS) is 4. The van der Waals surface area contributed by atoms with Crippen molar-refractivity contribution in [3.05, 3.63) is 53.7 Å². The van der Waals surface area contributed by atoms with Crippen molar-refractivity contribution in [2.75, 3.05) is 131 Å². The van der Waals surface area contributed by atoms with Gasteiger partial charge in [0.2, 0.25) is 11.8 Å². The lowest BCUT2D eigenvalue weighted by atomic mass is 9.70. The number of nitrogens with zero attached hydrogens (tertiary/aromatic N) is 6.